The Kier molecular flexibility index (Phi) is 6.79. The number of thioether (sulfide) groups is 1. The van der Waals surface area contributed by atoms with Gasteiger partial charge in [-0.15, -0.1) is 0 Å². The number of amides is 1. The van der Waals surface area contributed by atoms with E-state index < -0.39 is 10.8 Å². The van der Waals surface area contributed by atoms with Crippen LogP contribution in [0.15, 0.2) is 28.2 Å². The number of benzene rings is 1. The maximum absolute atomic E-state index is 12.9. The molecule has 1 heterocycles. The standard InChI is InChI=1S/C20H25ClN4O2S/c1-11(2)20(6,10-22)24-17(26)13(5)28-19-23-16-9-14(21)7-8-15(16)18(27)25(19)12(3)4/h7-9,11-13H,1-6H3,(H,24,26)/t13-,20+/m0/s1. The number of nitriles is 1. The predicted octanol–water partition coefficient (Wildman–Crippen LogP) is 4.17. The number of carbonyl (C=O) groups is 1. The van der Waals surface area contributed by atoms with Crippen molar-refractivity contribution >= 4 is 40.2 Å². The van der Waals surface area contributed by atoms with Crippen LogP contribution in [0.2, 0.25) is 5.02 Å². The second-order valence-electron chi connectivity index (χ2n) is 7.54. The van der Waals surface area contributed by atoms with Crippen LogP contribution in [0.3, 0.4) is 0 Å². The Labute approximate surface area is 174 Å². The van der Waals surface area contributed by atoms with Gasteiger partial charge in [0, 0.05) is 11.1 Å². The number of aromatic nitrogens is 2. The SMILES string of the molecule is CC(C)n1c(S[C@@H](C)C(=O)N[C@](C)(C#N)C(C)C)nc2cc(Cl)ccc2c1=O. The van der Waals surface area contributed by atoms with Gasteiger partial charge in [-0.05, 0) is 51.8 Å². The van der Waals surface area contributed by atoms with E-state index in [0.29, 0.717) is 21.1 Å². The Balaban J connectivity index is 2.42. The summed E-state index contributed by atoms with van der Waals surface area (Å²) < 4.78 is 1.58. The van der Waals surface area contributed by atoms with Gasteiger partial charge in [0.25, 0.3) is 5.56 Å². The van der Waals surface area contributed by atoms with Crippen LogP contribution in [0.1, 0.15) is 47.6 Å². The largest absolute Gasteiger partial charge is 0.337 e. The van der Waals surface area contributed by atoms with Gasteiger partial charge in [-0.25, -0.2) is 4.98 Å². The lowest BCUT2D eigenvalue weighted by molar-refractivity contribution is -0.121. The second-order valence-corrected chi connectivity index (χ2v) is 9.29. The Bertz CT molecular complexity index is 996. The van der Waals surface area contributed by atoms with Crippen molar-refractivity contribution in [3.05, 3.63) is 33.6 Å². The van der Waals surface area contributed by atoms with Crippen LogP contribution in [-0.4, -0.2) is 26.2 Å². The molecule has 2 aromatic rings. The molecule has 0 saturated carbocycles. The molecule has 6 nitrogen and oxygen atoms in total. The van der Waals surface area contributed by atoms with Gasteiger partial charge in [-0.2, -0.15) is 5.26 Å². The lowest BCUT2D eigenvalue weighted by atomic mass is 9.90. The molecule has 0 unspecified atom stereocenters. The minimum Gasteiger partial charge on any atom is -0.337 e. The predicted molar refractivity (Wildman–Crippen MR) is 114 cm³/mol. The minimum atomic E-state index is -0.964. The number of rotatable bonds is 6. The third-order valence-electron chi connectivity index (χ3n) is 4.77. The monoisotopic (exact) mass is 420 g/mol. The average Bonchev–Trinajstić information content (AvgIpc) is 2.60. The van der Waals surface area contributed by atoms with Gasteiger partial charge in [0.1, 0.15) is 5.54 Å². The third kappa shape index (κ3) is 4.50. The Morgan fingerprint density at radius 3 is 2.50 bits per heavy atom. The Hall–Kier alpha value is -2.04. The molecule has 0 saturated heterocycles. The molecule has 2 rings (SSSR count). The van der Waals surface area contributed by atoms with E-state index >= 15 is 0 Å². The number of carbonyl (C=O) groups excluding carboxylic acids is 1. The molecule has 1 N–H and O–H groups in total. The maximum atomic E-state index is 12.9. The van der Waals surface area contributed by atoms with Crippen molar-refractivity contribution in [1.29, 1.82) is 5.26 Å². The molecule has 0 aliphatic heterocycles. The highest BCUT2D eigenvalue weighted by molar-refractivity contribution is 8.00. The zero-order chi connectivity index (χ0) is 21.2. The van der Waals surface area contributed by atoms with Gasteiger partial charge in [-0.1, -0.05) is 37.2 Å². The van der Waals surface area contributed by atoms with Gasteiger partial charge >= 0.3 is 0 Å². The van der Waals surface area contributed by atoms with Crippen molar-refractivity contribution in [2.45, 2.75) is 63.5 Å². The summed E-state index contributed by atoms with van der Waals surface area (Å²) in [5.74, 6) is -0.327. The number of hydrogen-bond acceptors (Lipinski definition) is 5. The summed E-state index contributed by atoms with van der Waals surface area (Å²) >= 11 is 7.24. The van der Waals surface area contributed by atoms with E-state index in [1.54, 1.807) is 36.6 Å². The Morgan fingerprint density at radius 1 is 1.32 bits per heavy atom. The van der Waals surface area contributed by atoms with Crippen molar-refractivity contribution in [2.24, 2.45) is 5.92 Å². The zero-order valence-electron chi connectivity index (χ0n) is 16.9. The lowest BCUT2D eigenvalue weighted by Gasteiger charge is -2.28. The van der Waals surface area contributed by atoms with Crippen LogP contribution < -0.4 is 10.9 Å². The molecule has 8 heteroatoms. The smallest absolute Gasteiger partial charge is 0.262 e. The molecule has 0 radical (unpaired) electrons. The summed E-state index contributed by atoms with van der Waals surface area (Å²) in [4.78, 5) is 30.2. The summed E-state index contributed by atoms with van der Waals surface area (Å²) in [6, 6.07) is 7.01. The number of hydrogen-bond donors (Lipinski definition) is 1. The van der Waals surface area contributed by atoms with E-state index in [2.05, 4.69) is 16.4 Å². The summed E-state index contributed by atoms with van der Waals surface area (Å²) in [7, 11) is 0. The number of halogens is 1. The molecule has 0 fully saturated rings. The van der Waals surface area contributed by atoms with Crippen molar-refractivity contribution in [3.8, 4) is 6.07 Å². The highest BCUT2D eigenvalue weighted by Crippen LogP contribution is 2.27. The minimum absolute atomic E-state index is 0.0477. The van der Waals surface area contributed by atoms with Gasteiger partial charge in [0.15, 0.2) is 5.16 Å². The number of nitrogens with zero attached hydrogens (tertiary/aromatic N) is 3. The maximum Gasteiger partial charge on any atom is 0.262 e. The van der Waals surface area contributed by atoms with Crippen molar-refractivity contribution in [3.63, 3.8) is 0 Å². The first-order chi connectivity index (χ1) is 13.0. The first-order valence-corrected chi connectivity index (χ1v) is 10.4. The third-order valence-corrected chi connectivity index (χ3v) is 6.07. The van der Waals surface area contributed by atoms with Crippen LogP contribution in [-0.2, 0) is 4.79 Å². The van der Waals surface area contributed by atoms with Gasteiger partial charge in [0.2, 0.25) is 5.91 Å². The van der Waals surface area contributed by atoms with Crippen LogP contribution in [0, 0.1) is 17.2 Å². The topological polar surface area (TPSA) is 87.8 Å². The molecular weight excluding hydrogens is 396 g/mol. The molecule has 0 aliphatic carbocycles. The average molecular weight is 421 g/mol. The van der Waals surface area contributed by atoms with Crippen LogP contribution in [0.25, 0.3) is 10.9 Å². The molecule has 1 aromatic carbocycles. The van der Waals surface area contributed by atoms with Crippen LogP contribution in [0.4, 0.5) is 0 Å². The molecule has 28 heavy (non-hydrogen) atoms. The van der Waals surface area contributed by atoms with E-state index in [-0.39, 0.29) is 23.4 Å². The normalized spacial score (nSPS) is 14.7. The first kappa shape index (κ1) is 22.3. The molecular formula is C20H25ClN4O2S. The van der Waals surface area contributed by atoms with Gasteiger partial charge < -0.3 is 5.32 Å². The summed E-state index contributed by atoms with van der Waals surface area (Å²) in [5, 5.41) is 13.1. The first-order valence-electron chi connectivity index (χ1n) is 9.12. The zero-order valence-corrected chi connectivity index (χ0v) is 18.5. The quantitative estimate of drug-likeness (QED) is 0.559. The molecule has 150 valence electrons. The molecule has 1 aromatic heterocycles. The molecule has 0 spiro atoms. The van der Waals surface area contributed by atoms with Crippen LogP contribution >= 0.6 is 23.4 Å². The summed E-state index contributed by atoms with van der Waals surface area (Å²) in [5.41, 5.74) is -0.641. The lowest BCUT2D eigenvalue weighted by Crippen LogP contribution is -2.51. The van der Waals surface area contributed by atoms with E-state index in [1.807, 2.05) is 27.7 Å². The van der Waals surface area contributed by atoms with Crippen molar-refractivity contribution in [2.75, 3.05) is 0 Å². The fourth-order valence-electron chi connectivity index (χ4n) is 2.56. The van der Waals surface area contributed by atoms with Crippen molar-refractivity contribution < 1.29 is 4.79 Å². The van der Waals surface area contributed by atoms with Crippen LogP contribution in [0.5, 0.6) is 0 Å². The molecule has 0 bridgehead atoms. The highest BCUT2D eigenvalue weighted by atomic mass is 35.5. The summed E-state index contributed by atoms with van der Waals surface area (Å²) in [6.07, 6.45) is 0. The number of nitrogens with one attached hydrogen (secondary N) is 1. The Morgan fingerprint density at radius 2 is 1.96 bits per heavy atom. The molecule has 2 atom stereocenters. The van der Waals surface area contributed by atoms with E-state index in [9.17, 15) is 14.9 Å². The molecule has 1 amide bonds. The van der Waals surface area contributed by atoms with Crippen molar-refractivity contribution in [1.82, 2.24) is 14.9 Å². The van der Waals surface area contributed by atoms with E-state index in [4.69, 9.17) is 11.6 Å². The molecule has 0 aliphatic rings. The second kappa shape index (κ2) is 8.54. The highest BCUT2D eigenvalue weighted by Gasteiger charge is 2.32. The van der Waals surface area contributed by atoms with E-state index in [1.165, 1.54) is 11.8 Å². The van der Waals surface area contributed by atoms with Gasteiger partial charge in [-0.3, -0.25) is 14.2 Å². The van der Waals surface area contributed by atoms with E-state index in [0.717, 1.165) is 0 Å². The number of fused-ring (bicyclic) bond motifs is 1. The van der Waals surface area contributed by atoms with Gasteiger partial charge in [0.05, 0.1) is 22.2 Å². The summed E-state index contributed by atoms with van der Waals surface area (Å²) in [6.45, 7) is 11.0. The fourth-order valence-corrected chi connectivity index (χ4v) is 3.77. The fraction of sp³-hybridized carbons (Fsp3) is 0.500.